The van der Waals surface area contributed by atoms with Crippen LogP contribution in [-0.4, -0.2) is 153 Å². The highest BCUT2D eigenvalue weighted by Gasteiger charge is 2.60. The lowest BCUT2D eigenvalue weighted by atomic mass is 9.71. The normalized spacial score (nSPS) is 47.4. The predicted molar refractivity (Wildman–Crippen MR) is 238 cm³/mol. The van der Waals surface area contributed by atoms with Crippen molar-refractivity contribution in [3.8, 4) is 0 Å². The van der Waals surface area contributed by atoms with Gasteiger partial charge in [0.2, 0.25) is 0 Å². The van der Waals surface area contributed by atoms with Crippen molar-refractivity contribution >= 4 is 5.97 Å². The molecule has 4 saturated heterocycles. The highest BCUT2D eigenvalue weighted by Crippen LogP contribution is 2.47. The van der Waals surface area contributed by atoms with Gasteiger partial charge in [-0.3, -0.25) is 4.79 Å². The molecule has 15 heteroatoms. The van der Waals surface area contributed by atoms with E-state index in [0.717, 1.165) is 12.0 Å². The maximum atomic E-state index is 14.3. The number of aliphatic hydroxyl groups is 3. The molecule has 0 aromatic heterocycles. The number of aliphatic hydroxyl groups excluding tert-OH is 2. The van der Waals surface area contributed by atoms with Crippen molar-refractivity contribution in [2.75, 3.05) is 34.0 Å². The molecule has 65 heavy (non-hydrogen) atoms. The fourth-order valence-corrected chi connectivity index (χ4v) is 10.8. The quantitative estimate of drug-likeness (QED) is 0.136. The summed E-state index contributed by atoms with van der Waals surface area (Å²) in [7, 11) is 3.21. The lowest BCUT2D eigenvalue weighted by molar-refractivity contribution is -0.315. The summed E-state index contributed by atoms with van der Waals surface area (Å²) in [5, 5.41) is 34.1. The first-order valence-corrected chi connectivity index (χ1v) is 23.9. The topological polar surface area (TPSA) is 179 Å². The Morgan fingerprint density at radius 1 is 0.877 bits per heavy atom. The summed E-state index contributed by atoms with van der Waals surface area (Å²) in [6, 6.07) is 0. The highest BCUT2D eigenvalue weighted by atomic mass is 16.7. The van der Waals surface area contributed by atoms with Gasteiger partial charge in [-0.2, -0.15) is 0 Å². The van der Waals surface area contributed by atoms with Gasteiger partial charge >= 0.3 is 5.97 Å². The molecule has 15 nitrogen and oxygen atoms in total. The summed E-state index contributed by atoms with van der Waals surface area (Å²) in [6.07, 6.45) is 9.14. The summed E-state index contributed by atoms with van der Waals surface area (Å²) < 4.78 is 69.0. The Kier molecular flexibility index (Phi) is 16.7. The molecule has 3 unspecified atom stereocenters. The van der Waals surface area contributed by atoms with E-state index in [1.165, 1.54) is 0 Å². The van der Waals surface area contributed by atoms with Gasteiger partial charge in [0.1, 0.15) is 42.0 Å². The third-order valence-electron chi connectivity index (χ3n) is 14.9. The average Bonchev–Trinajstić information content (AvgIpc) is 3.62. The van der Waals surface area contributed by atoms with E-state index in [9.17, 15) is 20.1 Å². The molecule has 2 bridgehead atoms. The lowest BCUT2D eigenvalue weighted by Gasteiger charge is -2.48. The SMILES string of the molecule is CCC(C)[C@H]1O[C@]2(C=CC1C)C[C@@H]1C[C@@H](C/C=C(\C)[C@@H](OCCO[C@H]3C[C@H](OC)[C@@H](O[C@H]4C[C@H](OC)[C@@H](O)[C@H](C)O4)[C@H](C)O3)[C@@H](C)/C=C/C=C3\COC4[C@H](O)C(C)=C[C@@H](C(=O)O1)[C@]34O)O2. The maximum absolute atomic E-state index is 14.3. The molecule has 4 fully saturated rings. The zero-order chi connectivity index (χ0) is 46.8. The fourth-order valence-electron chi connectivity index (χ4n) is 10.8. The Morgan fingerprint density at radius 3 is 2.34 bits per heavy atom. The van der Waals surface area contributed by atoms with E-state index < -0.39 is 78.6 Å². The van der Waals surface area contributed by atoms with Crippen molar-refractivity contribution in [2.45, 2.75) is 191 Å². The van der Waals surface area contributed by atoms with Crippen LogP contribution in [0.4, 0.5) is 0 Å². The summed E-state index contributed by atoms with van der Waals surface area (Å²) in [6.45, 7) is 16.6. The number of rotatable bonds is 11. The van der Waals surface area contributed by atoms with Crippen LogP contribution in [0.15, 0.2) is 59.3 Å². The van der Waals surface area contributed by atoms with Crippen molar-refractivity contribution in [1.82, 2.24) is 0 Å². The minimum atomic E-state index is -1.82. The van der Waals surface area contributed by atoms with E-state index in [1.54, 1.807) is 40.2 Å². The highest BCUT2D eigenvalue weighted by molar-refractivity contribution is 5.78. The number of hydrogen-bond acceptors (Lipinski definition) is 15. The van der Waals surface area contributed by atoms with E-state index in [1.807, 2.05) is 32.1 Å². The second-order valence-corrected chi connectivity index (χ2v) is 19.6. The zero-order valence-electron chi connectivity index (χ0n) is 40.0. The van der Waals surface area contributed by atoms with Crippen LogP contribution >= 0.6 is 0 Å². The molecule has 3 N–H and O–H groups in total. The van der Waals surface area contributed by atoms with E-state index in [-0.39, 0.29) is 68.1 Å². The van der Waals surface area contributed by atoms with Crippen molar-refractivity contribution in [3.63, 3.8) is 0 Å². The number of carbonyl (C=O) groups excluding carboxylic acids is 1. The monoisotopic (exact) mass is 917 g/mol. The number of hydrogen-bond donors (Lipinski definition) is 3. The van der Waals surface area contributed by atoms with Crippen molar-refractivity contribution in [1.29, 1.82) is 0 Å². The lowest BCUT2D eigenvalue weighted by Crippen LogP contribution is -2.58. The first-order chi connectivity index (χ1) is 31.0. The van der Waals surface area contributed by atoms with E-state index in [4.69, 9.17) is 52.1 Å². The molecule has 7 rings (SSSR count). The number of ether oxygens (including phenoxy) is 11. The molecule has 7 aliphatic rings. The number of esters is 1. The molecule has 366 valence electrons. The van der Waals surface area contributed by atoms with Gasteiger partial charge in [-0.25, -0.2) is 0 Å². The van der Waals surface area contributed by atoms with Crippen LogP contribution in [0, 0.1) is 23.7 Å². The van der Waals surface area contributed by atoms with Crippen molar-refractivity contribution < 1.29 is 72.2 Å². The van der Waals surface area contributed by atoms with Gasteiger partial charge < -0.3 is 67.4 Å². The van der Waals surface area contributed by atoms with Crippen molar-refractivity contribution in [3.05, 3.63) is 59.3 Å². The molecule has 6 heterocycles. The van der Waals surface area contributed by atoms with Gasteiger partial charge in [-0.15, -0.1) is 0 Å². The molecule has 1 aliphatic carbocycles. The van der Waals surface area contributed by atoms with Gasteiger partial charge in [-0.05, 0) is 62.8 Å². The van der Waals surface area contributed by atoms with Crippen LogP contribution in [0.2, 0.25) is 0 Å². The molecule has 0 saturated carbocycles. The van der Waals surface area contributed by atoms with Gasteiger partial charge in [0.25, 0.3) is 0 Å². The number of carbonyl (C=O) groups is 1. The third kappa shape index (κ3) is 10.9. The Balaban J connectivity index is 1.08. The maximum Gasteiger partial charge on any atom is 0.316 e. The van der Waals surface area contributed by atoms with Gasteiger partial charge in [-0.1, -0.05) is 70.6 Å². The molecule has 0 radical (unpaired) electrons. The van der Waals surface area contributed by atoms with E-state index in [0.29, 0.717) is 43.3 Å². The molecule has 0 amide bonds. The third-order valence-corrected chi connectivity index (χ3v) is 14.9. The molecule has 0 aromatic rings. The second-order valence-electron chi connectivity index (χ2n) is 19.6. The Bertz CT molecular complexity index is 1780. The zero-order valence-corrected chi connectivity index (χ0v) is 40.0. The van der Waals surface area contributed by atoms with Crippen LogP contribution in [0.5, 0.6) is 0 Å². The summed E-state index contributed by atoms with van der Waals surface area (Å²) in [5.41, 5.74) is 0.192. The van der Waals surface area contributed by atoms with E-state index >= 15 is 0 Å². The number of allylic oxidation sites excluding steroid dienone is 2. The van der Waals surface area contributed by atoms with Gasteiger partial charge in [0, 0.05) is 51.7 Å². The summed E-state index contributed by atoms with van der Waals surface area (Å²) in [5.74, 6) is -2.47. The Hall–Kier alpha value is -2.35. The summed E-state index contributed by atoms with van der Waals surface area (Å²) >= 11 is 0. The summed E-state index contributed by atoms with van der Waals surface area (Å²) in [4.78, 5) is 14.3. The molecular weight excluding hydrogens is 841 g/mol. The van der Waals surface area contributed by atoms with Crippen molar-refractivity contribution in [2.24, 2.45) is 23.7 Å². The van der Waals surface area contributed by atoms with Crippen LogP contribution < -0.4 is 0 Å². The fraction of sp³-hybridized carbons (Fsp3) is 0.780. The smallest absolute Gasteiger partial charge is 0.316 e. The predicted octanol–water partition coefficient (Wildman–Crippen LogP) is 5.39. The van der Waals surface area contributed by atoms with Gasteiger partial charge in [0.15, 0.2) is 18.4 Å². The molecular formula is C50H76O15. The molecule has 1 spiro atoms. The Morgan fingerprint density at radius 2 is 1.60 bits per heavy atom. The largest absolute Gasteiger partial charge is 0.462 e. The van der Waals surface area contributed by atoms with Crippen LogP contribution in [-0.2, 0) is 56.9 Å². The minimum Gasteiger partial charge on any atom is -0.462 e. The molecule has 20 atom stereocenters. The van der Waals surface area contributed by atoms with Gasteiger partial charge in [0.05, 0.1) is 62.5 Å². The minimum absolute atomic E-state index is 0.0406. The number of methoxy groups -OCH3 is 2. The first kappa shape index (κ1) is 50.5. The van der Waals surface area contributed by atoms with Crippen LogP contribution in [0.3, 0.4) is 0 Å². The average molecular weight is 917 g/mol. The van der Waals surface area contributed by atoms with Crippen LogP contribution in [0.1, 0.15) is 93.9 Å². The number of fused-ring (bicyclic) bond motifs is 2. The van der Waals surface area contributed by atoms with Crippen LogP contribution in [0.25, 0.3) is 0 Å². The molecule has 6 aliphatic heterocycles. The standard InChI is InChI=1S/C50H76O15/c1-11-27(2)45-30(5)17-18-49(65-45)25-36-22-35(64-49)16-15-29(4)44(28(3)13-12-14-34-26-59-47-42(51)31(6)21-37(48(53)62-36)50(34,47)54)58-20-19-57-40-24-39(56-10)46(33(8)61-40)63-41-23-38(55-9)43(52)32(7)60-41/h12-15,17-18,21,27-28,30,32-33,35-47,51-52,54H,11,16,19-20,22-26H2,1-10H3/b13-12+,29-15+,34-14+/t27?,28-,30?,32-,33-,35+,36-,37-,38-,39-,40+,41-,42+,43-,44-,45+,46-,47?,49+,50+/m0/s1. The molecule has 0 aromatic carbocycles. The Labute approximate surface area is 385 Å². The second kappa shape index (κ2) is 21.5. The first-order valence-electron chi connectivity index (χ1n) is 23.9. The van der Waals surface area contributed by atoms with E-state index in [2.05, 4.69) is 39.8 Å².